The monoisotopic (exact) mass is 411 g/mol. The summed E-state index contributed by atoms with van der Waals surface area (Å²) < 4.78 is 10.5. The van der Waals surface area contributed by atoms with E-state index in [9.17, 15) is 9.59 Å². The predicted molar refractivity (Wildman–Crippen MR) is 115 cm³/mol. The maximum absolute atomic E-state index is 12.6. The van der Waals surface area contributed by atoms with Crippen LogP contribution in [0.3, 0.4) is 0 Å². The molecule has 2 amide bonds. The number of carbonyl (C=O) groups is 2. The van der Waals surface area contributed by atoms with Crippen molar-refractivity contribution in [2.45, 2.75) is 32.1 Å². The molecule has 0 saturated carbocycles. The molecule has 1 aromatic heterocycles. The highest BCUT2D eigenvalue weighted by atomic mass is 16.5. The number of hydrogen-bond acceptors (Lipinski definition) is 5. The van der Waals surface area contributed by atoms with E-state index in [4.69, 9.17) is 9.47 Å². The summed E-state index contributed by atoms with van der Waals surface area (Å²) in [5, 5.41) is 2.91. The standard InChI is InChI=1S/C23H29N3O4/c1-29-20-12-19(13-21(15-20)30-2)25-22(27)9-8-17-6-5-11-26(16-17)23(28)14-18-7-3-4-10-24-18/h3-4,7,10,12-13,15,17H,5-6,8-9,11,14,16H2,1-2H3,(H,25,27). The van der Waals surface area contributed by atoms with Gasteiger partial charge in [-0.2, -0.15) is 0 Å². The van der Waals surface area contributed by atoms with Gasteiger partial charge < -0.3 is 19.7 Å². The molecular weight excluding hydrogens is 382 g/mol. The molecule has 2 aromatic rings. The minimum absolute atomic E-state index is 0.0535. The minimum Gasteiger partial charge on any atom is -0.497 e. The molecule has 1 aliphatic heterocycles. The second-order valence-corrected chi connectivity index (χ2v) is 7.53. The first-order valence-corrected chi connectivity index (χ1v) is 10.3. The number of pyridine rings is 1. The SMILES string of the molecule is COc1cc(NC(=O)CCC2CCCN(C(=O)Cc3ccccn3)C2)cc(OC)c1. The molecule has 0 spiro atoms. The quantitative estimate of drug-likeness (QED) is 0.721. The largest absolute Gasteiger partial charge is 0.497 e. The van der Waals surface area contributed by atoms with Gasteiger partial charge in [0.2, 0.25) is 11.8 Å². The summed E-state index contributed by atoms with van der Waals surface area (Å²) in [7, 11) is 3.15. The highest BCUT2D eigenvalue weighted by Gasteiger charge is 2.24. The van der Waals surface area contributed by atoms with Gasteiger partial charge in [0, 0.05) is 55.3 Å². The van der Waals surface area contributed by atoms with Crippen molar-refractivity contribution in [3.05, 3.63) is 48.3 Å². The number of aromatic nitrogens is 1. The lowest BCUT2D eigenvalue weighted by Crippen LogP contribution is -2.41. The lowest BCUT2D eigenvalue weighted by molar-refractivity contribution is -0.132. The molecule has 1 aliphatic rings. The fourth-order valence-corrected chi connectivity index (χ4v) is 3.73. The molecule has 7 heteroatoms. The number of benzene rings is 1. The van der Waals surface area contributed by atoms with Gasteiger partial charge in [-0.05, 0) is 37.3 Å². The summed E-state index contributed by atoms with van der Waals surface area (Å²) in [6, 6.07) is 10.9. The van der Waals surface area contributed by atoms with E-state index in [0.29, 0.717) is 42.5 Å². The van der Waals surface area contributed by atoms with E-state index in [0.717, 1.165) is 31.5 Å². The highest BCUT2D eigenvalue weighted by molar-refractivity contribution is 5.91. The van der Waals surface area contributed by atoms with E-state index in [1.54, 1.807) is 38.6 Å². The lowest BCUT2D eigenvalue weighted by atomic mass is 9.93. The highest BCUT2D eigenvalue weighted by Crippen LogP contribution is 2.26. The normalized spacial score (nSPS) is 16.1. The van der Waals surface area contributed by atoms with Gasteiger partial charge >= 0.3 is 0 Å². The van der Waals surface area contributed by atoms with Crippen LogP contribution in [-0.4, -0.2) is 49.0 Å². The van der Waals surface area contributed by atoms with Crippen molar-refractivity contribution in [1.82, 2.24) is 9.88 Å². The molecule has 0 bridgehead atoms. The van der Waals surface area contributed by atoms with Gasteiger partial charge in [0.15, 0.2) is 0 Å². The molecule has 0 radical (unpaired) electrons. The Morgan fingerprint density at radius 3 is 2.60 bits per heavy atom. The minimum atomic E-state index is -0.0535. The van der Waals surface area contributed by atoms with Gasteiger partial charge in [0.1, 0.15) is 11.5 Å². The second kappa shape index (κ2) is 10.6. The fraction of sp³-hybridized carbons (Fsp3) is 0.435. The molecule has 7 nitrogen and oxygen atoms in total. The van der Waals surface area contributed by atoms with E-state index in [2.05, 4.69) is 10.3 Å². The molecule has 0 aliphatic carbocycles. The van der Waals surface area contributed by atoms with Crippen LogP contribution in [0.4, 0.5) is 5.69 Å². The van der Waals surface area contributed by atoms with Crippen LogP contribution >= 0.6 is 0 Å². The number of carbonyl (C=O) groups excluding carboxylic acids is 2. The molecule has 160 valence electrons. The van der Waals surface area contributed by atoms with Crippen LogP contribution in [0.5, 0.6) is 11.5 Å². The van der Waals surface area contributed by atoms with E-state index in [1.165, 1.54) is 0 Å². The Kier molecular flexibility index (Phi) is 7.65. The number of piperidine rings is 1. The topological polar surface area (TPSA) is 80.8 Å². The smallest absolute Gasteiger partial charge is 0.228 e. The van der Waals surface area contributed by atoms with Gasteiger partial charge in [-0.25, -0.2) is 0 Å². The Morgan fingerprint density at radius 2 is 1.93 bits per heavy atom. The molecular formula is C23H29N3O4. The zero-order chi connectivity index (χ0) is 21.3. The Labute approximate surface area is 177 Å². The number of rotatable bonds is 8. The Bertz CT molecular complexity index is 835. The molecule has 1 saturated heterocycles. The summed E-state index contributed by atoms with van der Waals surface area (Å²) >= 11 is 0. The lowest BCUT2D eigenvalue weighted by Gasteiger charge is -2.32. The van der Waals surface area contributed by atoms with Gasteiger partial charge in [0.25, 0.3) is 0 Å². The predicted octanol–water partition coefficient (Wildman–Crippen LogP) is 3.30. The van der Waals surface area contributed by atoms with Gasteiger partial charge in [0.05, 0.1) is 20.6 Å². The molecule has 1 N–H and O–H groups in total. The van der Waals surface area contributed by atoms with Crippen molar-refractivity contribution in [2.75, 3.05) is 32.6 Å². The van der Waals surface area contributed by atoms with Crippen LogP contribution in [0.25, 0.3) is 0 Å². The molecule has 1 fully saturated rings. The Balaban J connectivity index is 1.48. The number of likely N-dealkylation sites (tertiary alicyclic amines) is 1. The molecule has 1 atom stereocenters. The molecule has 1 unspecified atom stereocenters. The third kappa shape index (κ3) is 6.20. The number of nitrogens with zero attached hydrogens (tertiary/aromatic N) is 2. The number of methoxy groups -OCH3 is 2. The number of hydrogen-bond donors (Lipinski definition) is 1. The fourth-order valence-electron chi connectivity index (χ4n) is 3.73. The van der Waals surface area contributed by atoms with E-state index in [1.807, 2.05) is 23.1 Å². The van der Waals surface area contributed by atoms with Crippen LogP contribution in [0, 0.1) is 5.92 Å². The van der Waals surface area contributed by atoms with Crippen LogP contribution in [0.15, 0.2) is 42.6 Å². The summed E-state index contributed by atoms with van der Waals surface area (Å²) in [4.78, 5) is 31.2. The average molecular weight is 412 g/mol. The second-order valence-electron chi connectivity index (χ2n) is 7.53. The van der Waals surface area contributed by atoms with Crippen molar-refractivity contribution in [3.63, 3.8) is 0 Å². The molecule has 1 aromatic carbocycles. The first kappa shape index (κ1) is 21.6. The molecule has 2 heterocycles. The van der Waals surface area contributed by atoms with Crippen molar-refractivity contribution in [3.8, 4) is 11.5 Å². The average Bonchev–Trinajstić information content (AvgIpc) is 2.78. The first-order chi connectivity index (χ1) is 14.6. The first-order valence-electron chi connectivity index (χ1n) is 10.3. The zero-order valence-electron chi connectivity index (χ0n) is 17.6. The number of amides is 2. The molecule has 3 rings (SSSR count). The van der Waals surface area contributed by atoms with Gasteiger partial charge in [-0.1, -0.05) is 6.07 Å². The summed E-state index contributed by atoms with van der Waals surface area (Å²) in [6.07, 6.45) is 5.19. The third-order valence-corrected chi connectivity index (χ3v) is 5.35. The van der Waals surface area contributed by atoms with Crippen LogP contribution in [0.2, 0.25) is 0 Å². The van der Waals surface area contributed by atoms with Gasteiger partial charge in [-0.3, -0.25) is 14.6 Å². The van der Waals surface area contributed by atoms with Crippen molar-refractivity contribution in [2.24, 2.45) is 5.92 Å². The Morgan fingerprint density at radius 1 is 1.17 bits per heavy atom. The van der Waals surface area contributed by atoms with E-state index < -0.39 is 0 Å². The maximum Gasteiger partial charge on any atom is 0.228 e. The summed E-state index contributed by atoms with van der Waals surface area (Å²) in [5.41, 5.74) is 1.43. The maximum atomic E-state index is 12.6. The van der Waals surface area contributed by atoms with E-state index >= 15 is 0 Å². The van der Waals surface area contributed by atoms with Crippen molar-refractivity contribution >= 4 is 17.5 Å². The van der Waals surface area contributed by atoms with Crippen LogP contribution < -0.4 is 14.8 Å². The number of nitrogens with one attached hydrogen (secondary N) is 1. The number of ether oxygens (including phenoxy) is 2. The van der Waals surface area contributed by atoms with Crippen LogP contribution in [-0.2, 0) is 16.0 Å². The zero-order valence-corrected chi connectivity index (χ0v) is 17.6. The molecule has 30 heavy (non-hydrogen) atoms. The van der Waals surface area contributed by atoms with E-state index in [-0.39, 0.29) is 11.8 Å². The van der Waals surface area contributed by atoms with Crippen molar-refractivity contribution < 1.29 is 19.1 Å². The summed E-state index contributed by atoms with van der Waals surface area (Å²) in [6.45, 7) is 1.48. The third-order valence-electron chi connectivity index (χ3n) is 5.35. The van der Waals surface area contributed by atoms with Crippen LogP contribution in [0.1, 0.15) is 31.4 Å². The van der Waals surface area contributed by atoms with Gasteiger partial charge in [-0.15, -0.1) is 0 Å². The summed E-state index contributed by atoms with van der Waals surface area (Å²) in [5.74, 6) is 1.63. The van der Waals surface area contributed by atoms with Crippen molar-refractivity contribution in [1.29, 1.82) is 0 Å². The number of anilines is 1. The Hall–Kier alpha value is -3.09.